The van der Waals surface area contributed by atoms with Gasteiger partial charge >= 0.3 is 0 Å². The number of methoxy groups -OCH3 is 1. The highest BCUT2D eigenvalue weighted by Crippen LogP contribution is 2.27. The third-order valence-corrected chi connectivity index (χ3v) is 4.71. The molecule has 1 heterocycles. The van der Waals surface area contributed by atoms with Crippen LogP contribution in [0, 0.1) is 0 Å². The van der Waals surface area contributed by atoms with Crippen LogP contribution in [0.3, 0.4) is 0 Å². The third-order valence-electron chi connectivity index (χ3n) is 4.71. The summed E-state index contributed by atoms with van der Waals surface area (Å²) in [4.78, 5) is 28.4. The molecule has 0 fully saturated rings. The molecule has 0 bridgehead atoms. The summed E-state index contributed by atoms with van der Waals surface area (Å²) >= 11 is 0. The molecule has 0 unspecified atom stereocenters. The van der Waals surface area contributed by atoms with Gasteiger partial charge in [0.15, 0.2) is 0 Å². The van der Waals surface area contributed by atoms with Gasteiger partial charge in [-0.05, 0) is 36.6 Å². The van der Waals surface area contributed by atoms with E-state index in [2.05, 4.69) is 6.07 Å². The van der Waals surface area contributed by atoms with Crippen molar-refractivity contribution in [3.63, 3.8) is 0 Å². The Morgan fingerprint density at radius 2 is 1.96 bits per heavy atom. The van der Waals surface area contributed by atoms with E-state index in [0.717, 1.165) is 30.8 Å². The summed E-state index contributed by atoms with van der Waals surface area (Å²) in [6.07, 6.45) is 2.25. The zero-order valence-corrected chi connectivity index (χ0v) is 15.3. The molecular weight excluding hydrogens is 328 g/mol. The van der Waals surface area contributed by atoms with Crippen LogP contribution in [-0.2, 0) is 16.0 Å². The SMILES string of the molecule is COc1cccc(N(CCC(=O)N2CCCc3ccccc32)C(C)=O)c1. The van der Waals surface area contributed by atoms with Crippen LogP contribution < -0.4 is 14.5 Å². The Kier molecular flexibility index (Phi) is 5.56. The van der Waals surface area contributed by atoms with Crippen molar-refractivity contribution < 1.29 is 14.3 Å². The topological polar surface area (TPSA) is 49.9 Å². The van der Waals surface area contributed by atoms with Gasteiger partial charge in [0, 0.05) is 43.9 Å². The number of rotatable bonds is 5. The van der Waals surface area contributed by atoms with E-state index in [9.17, 15) is 9.59 Å². The summed E-state index contributed by atoms with van der Waals surface area (Å²) in [7, 11) is 1.59. The van der Waals surface area contributed by atoms with Crippen molar-refractivity contribution in [1.29, 1.82) is 0 Å². The molecule has 5 nitrogen and oxygen atoms in total. The normalized spacial score (nSPS) is 13.1. The number of benzene rings is 2. The number of amides is 2. The Bertz CT molecular complexity index is 803. The van der Waals surface area contributed by atoms with Crippen molar-refractivity contribution in [3.8, 4) is 5.75 Å². The fraction of sp³-hybridized carbons (Fsp3) is 0.333. The molecule has 0 saturated heterocycles. The molecule has 2 amide bonds. The number of carbonyl (C=O) groups is 2. The molecule has 2 aromatic rings. The molecule has 2 aromatic carbocycles. The van der Waals surface area contributed by atoms with Gasteiger partial charge in [0.25, 0.3) is 0 Å². The first-order chi connectivity index (χ1) is 12.6. The molecule has 3 rings (SSSR count). The molecule has 0 saturated carbocycles. The molecular formula is C21H24N2O3. The highest BCUT2D eigenvalue weighted by Gasteiger charge is 2.23. The number of para-hydroxylation sites is 1. The van der Waals surface area contributed by atoms with Gasteiger partial charge in [-0.25, -0.2) is 0 Å². The first-order valence-corrected chi connectivity index (χ1v) is 8.90. The van der Waals surface area contributed by atoms with Crippen molar-refractivity contribution in [3.05, 3.63) is 54.1 Å². The van der Waals surface area contributed by atoms with Crippen LogP contribution in [0.2, 0.25) is 0 Å². The van der Waals surface area contributed by atoms with E-state index < -0.39 is 0 Å². The number of anilines is 2. The second kappa shape index (κ2) is 8.04. The first kappa shape index (κ1) is 18.0. The minimum atomic E-state index is -0.0925. The number of hydrogen-bond acceptors (Lipinski definition) is 3. The molecule has 0 aliphatic carbocycles. The van der Waals surface area contributed by atoms with Gasteiger partial charge in [-0.1, -0.05) is 24.3 Å². The number of nitrogens with zero attached hydrogens (tertiary/aromatic N) is 2. The van der Waals surface area contributed by atoms with E-state index in [-0.39, 0.29) is 18.2 Å². The van der Waals surface area contributed by atoms with Gasteiger partial charge < -0.3 is 14.5 Å². The summed E-state index contributed by atoms with van der Waals surface area (Å²) in [5.41, 5.74) is 2.95. The molecule has 5 heteroatoms. The highest BCUT2D eigenvalue weighted by atomic mass is 16.5. The van der Waals surface area contributed by atoms with Gasteiger partial charge in [0.1, 0.15) is 5.75 Å². The number of ether oxygens (including phenoxy) is 1. The molecule has 0 aromatic heterocycles. The molecule has 0 atom stereocenters. The van der Waals surface area contributed by atoms with E-state index in [1.54, 1.807) is 12.0 Å². The predicted octanol–water partition coefficient (Wildman–Crippen LogP) is 3.42. The average Bonchev–Trinajstić information content (AvgIpc) is 2.67. The van der Waals surface area contributed by atoms with E-state index in [0.29, 0.717) is 12.3 Å². The van der Waals surface area contributed by atoms with Crippen molar-refractivity contribution in [2.24, 2.45) is 0 Å². The fourth-order valence-corrected chi connectivity index (χ4v) is 3.38. The van der Waals surface area contributed by atoms with Crippen LogP contribution in [-0.4, -0.2) is 32.0 Å². The third kappa shape index (κ3) is 3.87. The summed E-state index contributed by atoms with van der Waals surface area (Å²) in [5, 5.41) is 0. The maximum absolute atomic E-state index is 12.8. The Morgan fingerprint density at radius 3 is 2.73 bits per heavy atom. The Balaban J connectivity index is 1.72. The summed E-state index contributed by atoms with van der Waals surface area (Å²) in [6, 6.07) is 15.4. The van der Waals surface area contributed by atoms with Crippen molar-refractivity contribution in [1.82, 2.24) is 0 Å². The van der Waals surface area contributed by atoms with Crippen molar-refractivity contribution >= 4 is 23.2 Å². The smallest absolute Gasteiger partial charge is 0.228 e. The maximum atomic E-state index is 12.8. The van der Waals surface area contributed by atoms with E-state index in [4.69, 9.17) is 4.74 Å². The van der Waals surface area contributed by atoms with Gasteiger partial charge in [0.2, 0.25) is 11.8 Å². The average molecular weight is 352 g/mol. The quantitative estimate of drug-likeness (QED) is 0.828. The number of carbonyl (C=O) groups excluding carboxylic acids is 2. The lowest BCUT2D eigenvalue weighted by atomic mass is 10.0. The standard InChI is InChI=1S/C21H24N2O3/c1-16(24)22(18-9-5-10-19(15-18)26-2)14-12-21(25)23-13-6-8-17-7-3-4-11-20(17)23/h3-5,7,9-11,15H,6,8,12-14H2,1-2H3. The maximum Gasteiger partial charge on any atom is 0.228 e. The molecule has 1 aliphatic heterocycles. The van der Waals surface area contributed by atoms with Crippen LogP contribution in [0.1, 0.15) is 25.3 Å². The lowest BCUT2D eigenvalue weighted by Gasteiger charge is -2.30. The van der Waals surface area contributed by atoms with Gasteiger partial charge in [-0.2, -0.15) is 0 Å². The largest absolute Gasteiger partial charge is 0.497 e. The number of fused-ring (bicyclic) bond motifs is 1. The van der Waals surface area contributed by atoms with Crippen molar-refractivity contribution in [2.45, 2.75) is 26.2 Å². The molecule has 26 heavy (non-hydrogen) atoms. The van der Waals surface area contributed by atoms with Crippen LogP contribution in [0.4, 0.5) is 11.4 Å². The van der Waals surface area contributed by atoms with Crippen LogP contribution in [0.15, 0.2) is 48.5 Å². The van der Waals surface area contributed by atoms with Gasteiger partial charge in [-0.3, -0.25) is 9.59 Å². The van der Waals surface area contributed by atoms with E-state index >= 15 is 0 Å². The predicted molar refractivity (Wildman–Crippen MR) is 103 cm³/mol. The zero-order valence-electron chi connectivity index (χ0n) is 15.3. The van der Waals surface area contributed by atoms with E-state index in [1.807, 2.05) is 47.4 Å². The summed E-state index contributed by atoms with van der Waals surface area (Å²) < 4.78 is 5.23. The minimum Gasteiger partial charge on any atom is -0.497 e. The highest BCUT2D eigenvalue weighted by molar-refractivity contribution is 5.97. The minimum absolute atomic E-state index is 0.0475. The second-order valence-corrected chi connectivity index (χ2v) is 6.40. The zero-order chi connectivity index (χ0) is 18.5. The van der Waals surface area contributed by atoms with Crippen LogP contribution >= 0.6 is 0 Å². The lowest BCUT2D eigenvalue weighted by molar-refractivity contribution is -0.118. The number of hydrogen-bond donors (Lipinski definition) is 0. The fourth-order valence-electron chi connectivity index (χ4n) is 3.38. The Labute approximate surface area is 154 Å². The number of aryl methyl sites for hydroxylation is 1. The van der Waals surface area contributed by atoms with Crippen LogP contribution in [0.5, 0.6) is 5.75 Å². The molecule has 0 spiro atoms. The molecule has 0 N–H and O–H groups in total. The second-order valence-electron chi connectivity index (χ2n) is 6.40. The molecule has 1 aliphatic rings. The summed E-state index contributed by atoms with van der Waals surface area (Å²) in [5.74, 6) is 0.640. The molecule has 136 valence electrons. The Morgan fingerprint density at radius 1 is 1.15 bits per heavy atom. The lowest BCUT2D eigenvalue weighted by Crippen LogP contribution is -2.38. The Hall–Kier alpha value is -2.82. The van der Waals surface area contributed by atoms with Crippen LogP contribution in [0.25, 0.3) is 0 Å². The first-order valence-electron chi connectivity index (χ1n) is 8.90. The van der Waals surface area contributed by atoms with Gasteiger partial charge in [-0.15, -0.1) is 0 Å². The molecule has 0 radical (unpaired) electrons. The van der Waals surface area contributed by atoms with E-state index in [1.165, 1.54) is 12.5 Å². The van der Waals surface area contributed by atoms with Crippen molar-refractivity contribution in [2.75, 3.05) is 30.0 Å². The monoisotopic (exact) mass is 352 g/mol. The summed E-state index contributed by atoms with van der Waals surface area (Å²) in [6.45, 7) is 2.59. The van der Waals surface area contributed by atoms with Gasteiger partial charge in [0.05, 0.1) is 7.11 Å².